The van der Waals surface area contributed by atoms with E-state index >= 15 is 0 Å². The maximum Gasteiger partial charge on any atom is 0.349 e. The van der Waals surface area contributed by atoms with Crippen molar-refractivity contribution in [1.82, 2.24) is 0 Å². The van der Waals surface area contributed by atoms with E-state index in [-0.39, 0.29) is 31.9 Å². The molecule has 0 bridgehead atoms. The Morgan fingerprint density at radius 1 is 0.714 bits per heavy atom. The van der Waals surface area contributed by atoms with E-state index in [1.165, 1.54) is 54.6 Å². The van der Waals surface area contributed by atoms with Crippen LogP contribution in [-0.4, -0.2) is 41.1 Å². The number of hydrogen-bond donors (Lipinski definition) is 2. The summed E-state index contributed by atoms with van der Waals surface area (Å²) in [7, 11) is 0. The van der Waals surface area contributed by atoms with Gasteiger partial charge in [0, 0.05) is 10.7 Å². The zero-order chi connectivity index (χ0) is 25.5. The number of carboxylic acids is 1. The van der Waals surface area contributed by atoms with Gasteiger partial charge in [-0.25, -0.2) is 14.4 Å². The molecule has 0 radical (unpaired) electrons. The highest BCUT2D eigenvalue weighted by atomic mass is 35.5. The molecular formula is C24H16Cl3NO7. The molecule has 35 heavy (non-hydrogen) atoms. The molecule has 2 N–H and O–H groups in total. The molecule has 3 aromatic rings. The maximum atomic E-state index is 13.1. The minimum Gasteiger partial charge on any atom is -0.478 e. The minimum atomic E-state index is -2.23. The van der Waals surface area contributed by atoms with Gasteiger partial charge in [0.05, 0.1) is 21.2 Å². The molecule has 0 heterocycles. The van der Waals surface area contributed by atoms with Gasteiger partial charge < -0.3 is 19.9 Å². The van der Waals surface area contributed by atoms with E-state index in [1.807, 2.05) is 0 Å². The molecule has 0 saturated heterocycles. The van der Waals surface area contributed by atoms with Gasteiger partial charge in [0.2, 0.25) is 12.2 Å². The van der Waals surface area contributed by atoms with Crippen molar-refractivity contribution in [3.63, 3.8) is 0 Å². The highest BCUT2D eigenvalue weighted by Gasteiger charge is 2.41. The van der Waals surface area contributed by atoms with Gasteiger partial charge >= 0.3 is 17.9 Å². The lowest BCUT2D eigenvalue weighted by Gasteiger charge is -2.24. The van der Waals surface area contributed by atoms with E-state index in [1.54, 1.807) is 18.2 Å². The molecule has 0 unspecified atom stereocenters. The number of halogens is 3. The number of carboxylic acid groups (broad SMARTS) is 1. The quantitative estimate of drug-likeness (QED) is 0.383. The number of ether oxygens (including phenoxy) is 2. The topological polar surface area (TPSA) is 119 Å². The highest BCUT2D eigenvalue weighted by molar-refractivity contribution is 6.34. The number of amides is 1. The zero-order valence-electron chi connectivity index (χ0n) is 17.6. The van der Waals surface area contributed by atoms with Crippen molar-refractivity contribution in [3.05, 3.63) is 99.0 Å². The third-order valence-corrected chi connectivity index (χ3v) is 5.42. The molecule has 0 aliphatic rings. The maximum absolute atomic E-state index is 13.1. The Morgan fingerprint density at radius 2 is 1.23 bits per heavy atom. The van der Waals surface area contributed by atoms with Crippen LogP contribution in [0.1, 0.15) is 20.7 Å². The van der Waals surface area contributed by atoms with Gasteiger partial charge in [0.1, 0.15) is 0 Å². The number of carbonyl (C=O) groups is 4. The SMILES string of the molecule is O=C(O[C@H](C(=O)Nc1cccc(Cl)c1)[C@@H](OC(=O)c1ccccc1Cl)C(=O)O)c1ccccc1Cl. The molecule has 180 valence electrons. The Labute approximate surface area is 214 Å². The normalized spacial score (nSPS) is 12.2. The lowest BCUT2D eigenvalue weighted by molar-refractivity contribution is -0.157. The van der Waals surface area contributed by atoms with Crippen LogP contribution >= 0.6 is 34.8 Å². The summed E-state index contributed by atoms with van der Waals surface area (Å²) < 4.78 is 10.3. The second-order valence-corrected chi connectivity index (χ2v) is 8.20. The average molecular weight is 537 g/mol. The highest BCUT2D eigenvalue weighted by Crippen LogP contribution is 2.22. The lowest BCUT2D eigenvalue weighted by Crippen LogP contribution is -2.48. The summed E-state index contributed by atoms with van der Waals surface area (Å²) in [6, 6.07) is 17.5. The van der Waals surface area contributed by atoms with Crippen LogP contribution < -0.4 is 5.32 Å². The Bertz CT molecular complexity index is 1280. The van der Waals surface area contributed by atoms with Gasteiger partial charge in [0.25, 0.3) is 5.91 Å². The second-order valence-electron chi connectivity index (χ2n) is 6.95. The van der Waals surface area contributed by atoms with Crippen molar-refractivity contribution in [1.29, 1.82) is 0 Å². The van der Waals surface area contributed by atoms with Gasteiger partial charge in [-0.15, -0.1) is 0 Å². The fourth-order valence-corrected chi connectivity index (χ4v) is 3.50. The van der Waals surface area contributed by atoms with Crippen molar-refractivity contribution in [3.8, 4) is 0 Å². The van der Waals surface area contributed by atoms with E-state index in [0.29, 0.717) is 0 Å². The average Bonchev–Trinajstić information content (AvgIpc) is 2.81. The van der Waals surface area contributed by atoms with Crippen LogP contribution in [0.25, 0.3) is 0 Å². The molecule has 3 aromatic carbocycles. The van der Waals surface area contributed by atoms with Crippen molar-refractivity contribution in [2.24, 2.45) is 0 Å². The van der Waals surface area contributed by atoms with Gasteiger partial charge in [-0.2, -0.15) is 0 Å². The summed E-state index contributed by atoms with van der Waals surface area (Å²) in [5.74, 6) is -5.09. The molecule has 2 atom stereocenters. The van der Waals surface area contributed by atoms with Crippen molar-refractivity contribution < 1.29 is 33.8 Å². The number of anilines is 1. The summed E-state index contributed by atoms with van der Waals surface area (Å²) in [6.45, 7) is 0. The molecule has 8 nitrogen and oxygen atoms in total. The number of aliphatic carboxylic acids is 1. The largest absolute Gasteiger partial charge is 0.478 e. The number of benzene rings is 3. The molecule has 0 spiro atoms. The summed E-state index contributed by atoms with van der Waals surface area (Å²) in [5.41, 5.74) is -0.0917. The van der Waals surface area contributed by atoms with Crippen molar-refractivity contribution in [2.75, 3.05) is 5.32 Å². The first-order valence-electron chi connectivity index (χ1n) is 9.87. The van der Waals surface area contributed by atoms with E-state index in [4.69, 9.17) is 44.3 Å². The fraction of sp³-hybridized carbons (Fsp3) is 0.0833. The Balaban J connectivity index is 1.94. The second kappa shape index (κ2) is 11.7. The van der Waals surface area contributed by atoms with E-state index in [0.717, 1.165) is 0 Å². The van der Waals surface area contributed by atoms with Crippen LogP contribution in [0.3, 0.4) is 0 Å². The molecule has 0 saturated carbocycles. The number of esters is 2. The van der Waals surface area contributed by atoms with Crippen LogP contribution in [0, 0.1) is 0 Å². The fourth-order valence-electron chi connectivity index (χ4n) is 2.89. The standard InChI is InChI=1S/C24H16Cl3NO7/c25-13-6-5-7-14(12-13)28-21(29)19(34-23(32)15-8-1-3-10-17(15)26)20(22(30)31)35-24(33)16-9-2-4-11-18(16)27/h1-12,19-20H,(H,28,29)(H,30,31)/t19-,20+/m0/s1. The molecule has 0 aliphatic heterocycles. The third-order valence-electron chi connectivity index (χ3n) is 4.52. The molecule has 3 rings (SSSR count). The van der Waals surface area contributed by atoms with Crippen LogP contribution in [0.15, 0.2) is 72.8 Å². The molecule has 1 amide bonds. The van der Waals surface area contributed by atoms with Crippen molar-refractivity contribution >= 4 is 64.3 Å². The Morgan fingerprint density at radius 3 is 1.71 bits per heavy atom. The summed E-state index contributed by atoms with van der Waals surface area (Å²) in [5, 5.41) is 12.5. The van der Waals surface area contributed by atoms with Gasteiger partial charge in [-0.1, -0.05) is 65.1 Å². The number of hydrogen-bond acceptors (Lipinski definition) is 6. The minimum absolute atomic E-state index is 0.00497. The van der Waals surface area contributed by atoms with Gasteiger partial charge in [0.15, 0.2) is 0 Å². The molecule has 0 fully saturated rings. The third kappa shape index (κ3) is 6.73. The first kappa shape index (κ1) is 26.0. The number of nitrogens with one attached hydrogen (secondary N) is 1. The predicted molar refractivity (Wildman–Crippen MR) is 129 cm³/mol. The zero-order valence-corrected chi connectivity index (χ0v) is 19.9. The van der Waals surface area contributed by atoms with Crippen molar-refractivity contribution in [2.45, 2.75) is 12.2 Å². The Kier molecular flexibility index (Phi) is 8.70. The first-order valence-corrected chi connectivity index (χ1v) is 11.0. The monoisotopic (exact) mass is 535 g/mol. The van der Waals surface area contributed by atoms with Gasteiger partial charge in [-0.05, 0) is 42.5 Å². The smallest absolute Gasteiger partial charge is 0.349 e. The predicted octanol–water partition coefficient (Wildman–Crippen LogP) is 5.12. The summed E-state index contributed by atoms with van der Waals surface area (Å²) >= 11 is 17.9. The molecule has 0 aliphatic carbocycles. The number of rotatable bonds is 8. The van der Waals surface area contributed by atoms with Crippen LogP contribution in [-0.2, 0) is 19.1 Å². The summed E-state index contributed by atoms with van der Waals surface area (Å²) in [4.78, 5) is 50.5. The van der Waals surface area contributed by atoms with E-state index < -0.39 is 36.0 Å². The molecule has 11 heteroatoms. The first-order chi connectivity index (χ1) is 16.7. The van der Waals surface area contributed by atoms with Gasteiger partial charge in [-0.3, -0.25) is 4.79 Å². The molecular weight excluding hydrogens is 521 g/mol. The van der Waals surface area contributed by atoms with E-state index in [2.05, 4.69) is 5.32 Å². The van der Waals surface area contributed by atoms with Crippen LogP contribution in [0.2, 0.25) is 15.1 Å². The number of carbonyl (C=O) groups excluding carboxylic acids is 3. The summed E-state index contributed by atoms with van der Waals surface area (Å²) in [6.07, 6.45) is -4.34. The van der Waals surface area contributed by atoms with Crippen LogP contribution in [0.4, 0.5) is 5.69 Å². The molecule has 0 aromatic heterocycles. The van der Waals surface area contributed by atoms with E-state index in [9.17, 15) is 24.3 Å². The van der Waals surface area contributed by atoms with Crippen LogP contribution in [0.5, 0.6) is 0 Å². The lowest BCUT2D eigenvalue weighted by atomic mass is 10.1. The Hall–Kier alpha value is -3.59.